The summed E-state index contributed by atoms with van der Waals surface area (Å²) in [6.45, 7) is 2.76. The Balaban J connectivity index is 1.50. The van der Waals surface area contributed by atoms with Crippen LogP contribution in [-0.4, -0.2) is 37.1 Å². The van der Waals surface area contributed by atoms with Gasteiger partial charge >= 0.3 is 6.03 Å². The first-order valence-corrected chi connectivity index (χ1v) is 8.38. The fraction of sp³-hybridized carbons (Fsp3) is 0.278. The molecule has 0 spiro atoms. The van der Waals surface area contributed by atoms with Crippen molar-refractivity contribution in [3.05, 3.63) is 64.7 Å². The molecule has 0 atom stereocenters. The van der Waals surface area contributed by atoms with Crippen molar-refractivity contribution in [3.63, 3.8) is 0 Å². The summed E-state index contributed by atoms with van der Waals surface area (Å²) in [5.41, 5.74) is 1.69. The molecule has 1 N–H and O–H groups in total. The zero-order valence-electron chi connectivity index (χ0n) is 13.5. The molecular weight excluding hydrogens is 348 g/mol. The molecule has 4 nitrogen and oxygen atoms in total. The molecule has 0 bridgehead atoms. The lowest BCUT2D eigenvalue weighted by molar-refractivity contribution is 0.194. The van der Waals surface area contributed by atoms with E-state index in [-0.39, 0.29) is 16.9 Å². The second kappa shape index (κ2) is 7.70. The number of carbonyl (C=O) groups is 1. The maximum absolute atomic E-state index is 13.2. The molecule has 1 fully saturated rings. The largest absolute Gasteiger partial charge is 0.368 e. The lowest BCUT2D eigenvalue weighted by atomic mass is 10.2. The number of piperazine rings is 1. The Kier molecular flexibility index (Phi) is 5.38. The van der Waals surface area contributed by atoms with Crippen LogP contribution >= 0.6 is 11.6 Å². The highest BCUT2D eigenvalue weighted by molar-refractivity contribution is 6.31. The Morgan fingerprint density at radius 2 is 1.72 bits per heavy atom. The van der Waals surface area contributed by atoms with E-state index in [9.17, 15) is 13.6 Å². The van der Waals surface area contributed by atoms with Crippen molar-refractivity contribution in [1.82, 2.24) is 10.2 Å². The van der Waals surface area contributed by atoms with Gasteiger partial charge in [-0.25, -0.2) is 13.6 Å². The molecule has 2 aromatic carbocycles. The first kappa shape index (κ1) is 17.5. The summed E-state index contributed by atoms with van der Waals surface area (Å²) in [6.07, 6.45) is 0. The quantitative estimate of drug-likeness (QED) is 0.901. The van der Waals surface area contributed by atoms with Gasteiger partial charge in [-0.3, -0.25) is 0 Å². The van der Waals surface area contributed by atoms with Crippen LogP contribution in [0.25, 0.3) is 0 Å². The Labute approximate surface area is 150 Å². The number of nitrogens with zero attached hydrogens (tertiary/aromatic N) is 2. The molecule has 7 heteroatoms. The van der Waals surface area contributed by atoms with E-state index in [4.69, 9.17) is 11.6 Å². The number of urea groups is 1. The molecule has 1 aliphatic heterocycles. The fourth-order valence-corrected chi connectivity index (χ4v) is 2.92. The predicted molar refractivity (Wildman–Crippen MR) is 93.8 cm³/mol. The lowest BCUT2D eigenvalue weighted by Gasteiger charge is -2.36. The highest BCUT2D eigenvalue weighted by atomic mass is 35.5. The van der Waals surface area contributed by atoms with Crippen LogP contribution in [0.4, 0.5) is 19.3 Å². The van der Waals surface area contributed by atoms with Gasteiger partial charge in [0.05, 0.1) is 5.02 Å². The molecule has 1 heterocycles. The van der Waals surface area contributed by atoms with Crippen molar-refractivity contribution < 1.29 is 13.6 Å². The van der Waals surface area contributed by atoms with E-state index in [1.807, 2.05) is 0 Å². The predicted octanol–water partition coefficient (Wildman–Crippen LogP) is 3.65. The van der Waals surface area contributed by atoms with E-state index in [0.29, 0.717) is 32.7 Å². The third-order valence-corrected chi connectivity index (χ3v) is 4.48. The van der Waals surface area contributed by atoms with E-state index >= 15 is 0 Å². The molecule has 0 aromatic heterocycles. The van der Waals surface area contributed by atoms with Gasteiger partial charge in [0, 0.05) is 38.4 Å². The number of halogens is 3. The van der Waals surface area contributed by atoms with Crippen LogP contribution in [0.5, 0.6) is 0 Å². The monoisotopic (exact) mass is 365 g/mol. The highest BCUT2D eigenvalue weighted by Gasteiger charge is 2.21. The van der Waals surface area contributed by atoms with Crippen LogP contribution in [-0.2, 0) is 6.54 Å². The summed E-state index contributed by atoms with van der Waals surface area (Å²) in [5, 5.41) is 2.93. The second-order valence-corrected chi connectivity index (χ2v) is 6.26. The van der Waals surface area contributed by atoms with Crippen molar-refractivity contribution in [3.8, 4) is 0 Å². The molecule has 3 rings (SSSR count). The van der Waals surface area contributed by atoms with Crippen molar-refractivity contribution in [2.75, 3.05) is 31.1 Å². The summed E-state index contributed by atoms with van der Waals surface area (Å²) >= 11 is 5.82. The standard InChI is InChI=1S/C18H18ClF2N3O/c19-16-11-15(5-6-17(16)21)23-7-9-24(10-8-23)18(25)22-12-13-1-3-14(20)4-2-13/h1-6,11H,7-10,12H2,(H,22,25). The topological polar surface area (TPSA) is 35.6 Å². The van der Waals surface area contributed by atoms with Gasteiger partial charge in [-0.2, -0.15) is 0 Å². The van der Waals surface area contributed by atoms with E-state index in [2.05, 4.69) is 10.2 Å². The molecule has 0 saturated carbocycles. The van der Waals surface area contributed by atoms with Crippen molar-refractivity contribution >= 4 is 23.3 Å². The zero-order valence-corrected chi connectivity index (χ0v) is 14.3. The van der Waals surface area contributed by atoms with Gasteiger partial charge in [-0.1, -0.05) is 23.7 Å². The van der Waals surface area contributed by atoms with Crippen LogP contribution in [0.3, 0.4) is 0 Å². The van der Waals surface area contributed by atoms with E-state index in [1.165, 1.54) is 18.2 Å². The normalized spacial score (nSPS) is 14.5. The maximum Gasteiger partial charge on any atom is 0.317 e. The SMILES string of the molecule is O=C(NCc1ccc(F)cc1)N1CCN(c2ccc(F)c(Cl)c2)CC1. The van der Waals surface area contributed by atoms with Crippen LogP contribution in [0.15, 0.2) is 42.5 Å². The Morgan fingerprint density at radius 3 is 2.36 bits per heavy atom. The number of hydrogen-bond donors (Lipinski definition) is 1. The number of amides is 2. The highest BCUT2D eigenvalue weighted by Crippen LogP contribution is 2.23. The lowest BCUT2D eigenvalue weighted by Crippen LogP contribution is -2.51. The third-order valence-electron chi connectivity index (χ3n) is 4.19. The summed E-state index contributed by atoms with van der Waals surface area (Å²) in [7, 11) is 0. The van der Waals surface area contributed by atoms with E-state index < -0.39 is 5.82 Å². The first-order valence-electron chi connectivity index (χ1n) is 8.00. The van der Waals surface area contributed by atoms with Crippen molar-refractivity contribution in [1.29, 1.82) is 0 Å². The smallest absolute Gasteiger partial charge is 0.317 e. The number of hydrogen-bond acceptors (Lipinski definition) is 2. The molecule has 132 valence electrons. The molecule has 25 heavy (non-hydrogen) atoms. The van der Waals surface area contributed by atoms with Gasteiger partial charge in [0.2, 0.25) is 0 Å². The number of nitrogens with one attached hydrogen (secondary N) is 1. The Morgan fingerprint density at radius 1 is 1.04 bits per heavy atom. The van der Waals surface area contributed by atoms with E-state index in [1.54, 1.807) is 29.2 Å². The summed E-state index contributed by atoms with van der Waals surface area (Å²) < 4.78 is 26.1. The third kappa shape index (κ3) is 4.39. The van der Waals surface area contributed by atoms with Crippen molar-refractivity contribution in [2.24, 2.45) is 0 Å². The van der Waals surface area contributed by atoms with Crippen LogP contribution in [0.1, 0.15) is 5.56 Å². The minimum atomic E-state index is -0.441. The molecule has 0 aliphatic carbocycles. The second-order valence-electron chi connectivity index (χ2n) is 5.86. The minimum absolute atomic E-state index is 0.0944. The number of anilines is 1. The summed E-state index contributed by atoms with van der Waals surface area (Å²) in [5.74, 6) is -0.740. The summed E-state index contributed by atoms with van der Waals surface area (Å²) in [4.78, 5) is 16.0. The molecule has 1 aliphatic rings. The van der Waals surface area contributed by atoms with Crippen LogP contribution < -0.4 is 10.2 Å². The van der Waals surface area contributed by atoms with Gasteiger partial charge in [0.15, 0.2) is 0 Å². The molecular formula is C18H18ClF2N3O. The van der Waals surface area contributed by atoms with Crippen LogP contribution in [0.2, 0.25) is 5.02 Å². The number of benzene rings is 2. The Bertz CT molecular complexity index is 746. The van der Waals surface area contributed by atoms with Gasteiger partial charge in [0.25, 0.3) is 0 Å². The molecule has 2 amide bonds. The zero-order chi connectivity index (χ0) is 17.8. The molecule has 0 radical (unpaired) electrons. The van der Waals surface area contributed by atoms with E-state index in [0.717, 1.165) is 11.3 Å². The maximum atomic E-state index is 13.2. The molecule has 0 unspecified atom stereocenters. The van der Waals surface area contributed by atoms with Gasteiger partial charge in [-0.05, 0) is 35.9 Å². The molecule has 1 saturated heterocycles. The minimum Gasteiger partial charge on any atom is -0.368 e. The average Bonchev–Trinajstić information content (AvgIpc) is 2.63. The molecule has 2 aromatic rings. The Hall–Kier alpha value is -2.34. The van der Waals surface area contributed by atoms with Gasteiger partial charge in [0.1, 0.15) is 11.6 Å². The van der Waals surface area contributed by atoms with Gasteiger partial charge in [-0.15, -0.1) is 0 Å². The van der Waals surface area contributed by atoms with Gasteiger partial charge < -0.3 is 15.1 Å². The average molecular weight is 366 g/mol. The number of rotatable bonds is 3. The summed E-state index contributed by atoms with van der Waals surface area (Å²) in [6, 6.07) is 10.5. The first-order chi connectivity index (χ1) is 12.0. The fourth-order valence-electron chi connectivity index (χ4n) is 2.74. The van der Waals surface area contributed by atoms with Crippen LogP contribution in [0, 0.1) is 11.6 Å². The number of carbonyl (C=O) groups excluding carboxylic acids is 1. The van der Waals surface area contributed by atoms with Crippen molar-refractivity contribution in [2.45, 2.75) is 6.54 Å².